The molecule has 15 heteroatoms. The molecule has 0 aliphatic rings. The lowest BCUT2D eigenvalue weighted by molar-refractivity contribution is -0.137. The van der Waals surface area contributed by atoms with Crippen molar-refractivity contribution in [2.45, 2.75) is 91.4 Å². The molecule has 0 fully saturated rings. The van der Waals surface area contributed by atoms with E-state index in [0.717, 1.165) is 5.56 Å². The monoisotopic (exact) mass is 830 g/mol. The number of halogens is 2. The van der Waals surface area contributed by atoms with Gasteiger partial charge in [-0.1, -0.05) is 36.4 Å². The van der Waals surface area contributed by atoms with Gasteiger partial charge in [0.1, 0.15) is 24.7 Å². The number of amides is 1. The third-order valence-corrected chi connectivity index (χ3v) is 9.95. The smallest absolute Gasteiger partial charge is 0.323 e. The van der Waals surface area contributed by atoms with E-state index in [1.807, 2.05) is 0 Å². The molecule has 13 nitrogen and oxygen atoms in total. The number of carbonyl (C=O) groups is 4. The SMILES string of the molecule is CC(=O)c1cccc2ncn(CC(=O)NC(C)c3ccc(C(C)(C)C#N)c(F)c3)c12.CC(=O)c1cccc2ncn(CC(=O)O)c12.CC(N)c1ccc(C(C)(C)C#N)c(F)c1. The van der Waals surface area contributed by atoms with Gasteiger partial charge >= 0.3 is 5.97 Å². The lowest BCUT2D eigenvalue weighted by atomic mass is 9.85. The van der Waals surface area contributed by atoms with Crippen molar-refractivity contribution in [3.63, 3.8) is 0 Å². The summed E-state index contributed by atoms with van der Waals surface area (Å²) in [4.78, 5) is 54.9. The van der Waals surface area contributed by atoms with Crippen LogP contribution < -0.4 is 11.1 Å². The number of nitrogens with two attached hydrogens (primary N) is 1. The van der Waals surface area contributed by atoms with Crippen molar-refractivity contribution in [3.05, 3.63) is 130 Å². The number of imidazole rings is 2. The van der Waals surface area contributed by atoms with Crippen molar-refractivity contribution >= 4 is 45.5 Å². The molecule has 316 valence electrons. The normalized spacial score (nSPS) is 12.1. The summed E-state index contributed by atoms with van der Waals surface area (Å²) in [7, 11) is 0. The van der Waals surface area contributed by atoms with E-state index in [1.165, 1.54) is 43.2 Å². The summed E-state index contributed by atoms with van der Waals surface area (Å²) in [5.41, 5.74) is 9.43. The number of nitrogens with one attached hydrogen (secondary N) is 1. The predicted molar refractivity (Wildman–Crippen MR) is 226 cm³/mol. The third-order valence-electron chi connectivity index (χ3n) is 9.95. The van der Waals surface area contributed by atoms with E-state index in [2.05, 4.69) is 27.4 Å². The van der Waals surface area contributed by atoms with Gasteiger partial charge in [-0.2, -0.15) is 10.5 Å². The van der Waals surface area contributed by atoms with E-state index in [1.54, 1.807) is 107 Å². The number of rotatable bonds is 11. The van der Waals surface area contributed by atoms with Crippen molar-refractivity contribution in [2.75, 3.05) is 0 Å². The number of carboxylic acid groups (broad SMARTS) is 1. The summed E-state index contributed by atoms with van der Waals surface area (Å²) in [6.07, 6.45) is 2.96. The van der Waals surface area contributed by atoms with E-state index in [9.17, 15) is 33.2 Å². The van der Waals surface area contributed by atoms with Crippen LogP contribution in [0.25, 0.3) is 22.1 Å². The molecule has 2 atom stereocenters. The maximum absolute atomic E-state index is 14.5. The summed E-state index contributed by atoms with van der Waals surface area (Å²) in [5.74, 6) is -2.30. The van der Waals surface area contributed by atoms with Gasteiger partial charge in [-0.25, -0.2) is 18.7 Å². The van der Waals surface area contributed by atoms with Gasteiger partial charge in [0.25, 0.3) is 0 Å². The third kappa shape index (κ3) is 11.1. The largest absolute Gasteiger partial charge is 0.480 e. The molecule has 6 aromatic rings. The minimum absolute atomic E-state index is 0.0207. The second-order valence-electron chi connectivity index (χ2n) is 15.6. The second-order valence-corrected chi connectivity index (χ2v) is 15.6. The fraction of sp³-hybridized carbons (Fsp3) is 0.304. The van der Waals surface area contributed by atoms with Crippen LogP contribution in [-0.2, 0) is 33.5 Å². The summed E-state index contributed by atoms with van der Waals surface area (Å²) in [5, 5.41) is 29.7. The molecule has 0 bridgehead atoms. The number of carboxylic acids is 1. The van der Waals surface area contributed by atoms with Gasteiger partial charge in [-0.15, -0.1) is 0 Å². The first-order valence-electron chi connectivity index (χ1n) is 19.2. The number of para-hydroxylation sites is 2. The molecule has 2 heterocycles. The van der Waals surface area contributed by atoms with Crippen molar-refractivity contribution in [3.8, 4) is 12.1 Å². The molecule has 0 aliphatic carbocycles. The molecule has 4 N–H and O–H groups in total. The lowest BCUT2D eigenvalue weighted by Crippen LogP contribution is -2.30. The Labute approximate surface area is 352 Å². The molecule has 6 rings (SSSR count). The van der Waals surface area contributed by atoms with Gasteiger partial charge in [0.15, 0.2) is 11.6 Å². The van der Waals surface area contributed by atoms with Gasteiger partial charge < -0.3 is 25.3 Å². The second kappa shape index (κ2) is 19.3. The van der Waals surface area contributed by atoms with Crippen LogP contribution in [0.5, 0.6) is 0 Å². The Morgan fingerprint density at radius 3 is 1.56 bits per heavy atom. The minimum atomic E-state index is -0.961. The Balaban J connectivity index is 0.000000222. The molecule has 0 aliphatic heterocycles. The van der Waals surface area contributed by atoms with Gasteiger partial charge in [0.2, 0.25) is 5.91 Å². The first-order chi connectivity index (χ1) is 28.6. The quantitative estimate of drug-likeness (QED) is 0.107. The first kappa shape index (κ1) is 46.6. The summed E-state index contributed by atoms with van der Waals surface area (Å²) in [6, 6.07) is 23.4. The lowest BCUT2D eigenvalue weighted by Gasteiger charge is -2.20. The zero-order chi connectivity index (χ0) is 45.4. The Kier molecular flexibility index (Phi) is 14.7. The van der Waals surface area contributed by atoms with E-state index in [0.29, 0.717) is 49.9 Å². The summed E-state index contributed by atoms with van der Waals surface area (Å²) in [6.45, 7) is 13.0. The van der Waals surface area contributed by atoms with Crippen LogP contribution >= 0.6 is 0 Å². The van der Waals surface area contributed by atoms with E-state index < -0.39 is 28.7 Å². The average molecular weight is 831 g/mol. The molecule has 0 saturated heterocycles. The van der Waals surface area contributed by atoms with Gasteiger partial charge in [0.05, 0.1) is 63.7 Å². The number of hydrogen-bond donors (Lipinski definition) is 3. The molecule has 0 saturated carbocycles. The van der Waals surface area contributed by atoms with Crippen LogP contribution in [0.1, 0.15) is 110 Å². The number of aromatic nitrogens is 4. The fourth-order valence-corrected chi connectivity index (χ4v) is 6.48. The topological polar surface area (TPSA) is 210 Å². The molecular weight excluding hydrogens is 783 g/mol. The number of nitriles is 2. The van der Waals surface area contributed by atoms with Crippen molar-refractivity contribution in [1.29, 1.82) is 10.5 Å². The van der Waals surface area contributed by atoms with Crippen LogP contribution in [-0.4, -0.2) is 47.7 Å². The predicted octanol–water partition coefficient (Wildman–Crippen LogP) is 8.03. The maximum Gasteiger partial charge on any atom is 0.323 e. The highest BCUT2D eigenvalue weighted by molar-refractivity contribution is 6.06. The maximum atomic E-state index is 14.5. The number of hydrogen-bond acceptors (Lipinski definition) is 9. The van der Waals surface area contributed by atoms with Crippen LogP contribution in [0.4, 0.5) is 8.78 Å². The van der Waals surface area contributed by atoms with Gasteiger partial charge in [-0.05, 0) is 103 Å². The van der Waals surface area contributed by atoms with Gasteiger partial charge in [-0.3, -0.25) is 19.2 Å². The zero-order valence-corrected chi connectivity index (χ0v) is 35.2. The Morgan fingerprint density at radius 1 is 0.738 bits per heavy atom. The molecule has 0 spiro atoms. The zero-order valence-electron chi connectivity index (χ0n) is 35.2. The molecule has 61 heavy (non-hydrogen) atoms. The van der Waals surface area contributed by atoms with Crippen molar-refractivity contribution in [1.82, 2.24) is 24.4 Å². The molecule has 4 aromatic carbocycles. The number of carbonyl (C=O) groups excluding carboxylic acids is 3. The van der Waals surface area contributed by atoms with Crippen LogP contribution in [0.2, 0.25) is 0 Å². The summed E-state index contributed by atoms with van der Waals surface area (Å²) >= 11 is 0. The molecule has 0 radical (unpaired) electrons. The Bertz CT molecular complexity index is 2700. The van der Waals surface area contributed by atoms with Crippen LogP contribution in [0, 0.1) is 34.3 Å². The number of ketones is 2. The molecule has 2 aromatic heterocycles. The fourth-order valence-electron chi connectivity index (χ4n) is 6.48. The van der Waals surface area contributed by atoms with Crippen molar-refractivity contribution < 1.29 is 33.1 Å². The first-order valence-corrected chi connectivity index (χ1v) is 19.2. The highest BCUT2D eigenvalue weighted by atomic mass is 19.1. The Hall–Kier alpha value is -7.10. The number of aliphatic carboxylic acids is 1. The van der Waals surface area contributed by atoms with E-state index >= 15 is 0 Å². The molecule has 2 unspecified atom stereocenters. The minimum Gasteiger partial charge on any atom is -0.480 e. The van der Waals surface area contributed by atoms with Crippen LogP contribution in [0.3, 0.4) is 0 Å². The van der Waals surface area contributed by atoms with E-state index in [-0.39, 0.29) is 42.4 Å². The number of fused-ring (bicyclic) bond motifs is 2. The van der Waals surface area contributed by atoms with Crippen molar-refractivity contribution in [2.24, 2.45) is 5.73 Å². The number of nitrogens with zero attached hydrogens (tertiary/aromatic N) is 6. The molecule has 1 amide bonds. The van der Waals surface area contributed by atoms with Crippen LogP contribution in [0.15, 0.2) is 85.5 Å². The highest BCUT2D eigenvalue weighted by Crippen LogP contribution is 2.28. The van der Waals surface area contributed by atoms with E-state index in [4.69, 9.17) is 16.1 Å². The standard InChI is InChI=1S/C23H23FN4O2.C12H15FN2.C11H10N2O3/c1-14(16-8-9-18(19(24)10-16)23(3,4)12-25)27-21(30)11-28-13-26-20-7-5-6-17(15(2)29)22(20)28;1-8(15)9-4-5-10(11(13)6-9)12(2,3)7-14;1-7(14)8-3-2-4-9-11(8)13(6-12-9)5-10(15)16/h5-10,13-14H,11H2,1-4H3,(H,27,30);4-6,8H,15H2,1-3H3;2-4,6H,5H2,1H3,(H,15,16). The number of Topliss-reactive ketones (excluding diaryl/α,β-unsaturated/α-hetero) is 2. The highest BCUT2D eigenvalue weighted by Gasteiger charge is 2.26. The van der Waals surface area contributed by atoms with Gasteiger partial charge in [0, 0.05) is 28.3 Å². The average Bonchev–Trinajstić information content (AvgIpc) is 3.81. The number of benzene rings is 4. The summed E-state index contributed by atoms with van der Waals surface area (Å²) < 4.78 is 31.3. The molecular formula is C46H48F2N8O5. The Morgan fingerprint density at radius 2 is 1.16 bits per heavy atom.